The van der Waals surface area contributed by atoms with Crippen LogP contribution >= 0.6 is 0 Å². The van der Waals surface area contributed by atoms with Gasteiger partial charge in [-0.25, -0.2) is 9.78 Å². The molecule has 0 aliphatic carbocycles. The second-order valence-electron chi connectivity index (χ2n) is 10.3. The number of ketones is 1. The molecule has 0 atom stereocenters. The van der Waals surface area contributed by atoms with E-state index in [1.165, 1.54) is 6.42 Å². The van der Waals surface area contributed by atoms with E-state index in [1.807, 2.05) is 50.7 Å². The van der Waals surface area contributed by atoms with Gasteiger partial charge < -0.3 is 19.7 Å². The largest absolute Gasteiger partial charge is 0.376 e. The molecule has 2 amide bonds. The number of pyridine rings is 1. The molecule has 4 aromatic rings. The fraction of sp³-hybridized carbons (Fsp3) is 0.300. The third-order valence-electron chi connectivity index (χ3n) is 7.98. The quantitative estimate of drug-likeness (QED) is 0.422. The molecule has 190 valence electrons. The van der Waals surface area contributed by atoms with Gasteiger partial charge in [0.1, 0.15) is 5.65 Å². The van der Waals surface area contributed by atoms with Gasteiger partial charge in [0.15, 0.2) is 5.78 Å². The number of hydrogen-bond donors (Lipinski definition) is 1. The molecule has 1 saturated heterocycles. The Hall–Kier alpha value is -4.51. The molecule has 0 spiro atoms. The number of likely N-dealkylation sites (tertiary alicyclic amines) is 1. The molecule has 0 bridgehead atoms. The van der Waals surface area contributed by atoms with Crippen molar-refractivity contribution in [3.8, 4) is 12.3 Å². The maximum atomic E-state index is 13.4. The zero-order valence-electron chi connectivity index (χ0n) is 21.1. The lowest BCUT2D eigenvalue weighted by atomic mass is 10.00. The van der Waals surface area contributed by atoms with Crippen molar-refractivity contribution in [2.24, 2.45) is 0 Å². The first-order chi connectivity index (χ1) is 18.6. The predicted molar refractivity (Wildman–Crippen MR) is 146 cm³/mol. The number of imidazole rings is 1. The second kappa shape index (κ2) is 8.80. The van der Waals surface area contributed by atoms with Crippen LogP contribution in [0.3, 0.4) is 0 Å². The first-order valence-electron chi connectivity index (χ1n) is 13.2. The van der Waals surface area contributed by atoms with Crippen LogP contribution in [-0.2, 0) is 17.9 Å². The van der Waals surface area contributed by atoms with Crippen LogP contribution < -0.4 is 5.32 Å². The lowest BCUT2D eigenvalue weighted by molar-refractivity contribution is -0.112. The van der Waals surface area contributed by atoms with E-state index in [9.17, 15) is 9.59 Å². The first-order valence-corrected chi connectivity index (χ1v) is 13.2. The molecule has 1 aromatic carbocycles. The maximum Gasteiger partial charge on any atom is 0.320 e. The number of rotatable bonds is 2. The topological polar surface area (TPSA) is 74.9 Å². The molecule has 38 heavy (non-hydrogen) atoms. The summed E-state index contributed by atoms with van der Waals surface area (Å²) in [6.45, 7) is 3.68. The lowest BCUT2D eigenvalue weighted by Gasteiger charge is -2.32. The van der Waals surface area contributed by atoms with E-state index >= 15 is 0 Å². The Morgan fingerprint density at radius 2 is 1.92 bits per heavy atom. The normalized spacial score (nSPS) is 17.7. The SMILES string of the molecule is C#Cc1cc2c3c(c1)c(C1=C(c4cnc5ccccn45)C(=O)CN1)cn3CCN(C(=O)N1CCCCC1)C2. The van der Waals surface area contributed by atoms with Crippen molar-refractivity contribution >= 4 is 39.6 Å². The van der Waals surface area contributed by atoms with E-state index in [1.54, 1.807) is 6.20 Å². The van der Waals surface area contributed by atoms with Gasteiger partial charge in [-0.1, -0.05) is 12.0 Å². The number of Topliss-reactive ketones (excluding diaryl/α,β-unsaturated/α-hetero) is 1. The summed E-state index contributed by atoms with van der Waals surface area (Å²) in [6, 6.07) is 9.95. The highest BCUT2D eigenvalue weighted by molar-refractivity contribution is 6.32. The van der Waals surface area contributed by atoms with E-state index < -0.39 is 0 Å². The number of amides is 2. The zero-order valence-corrected chi connectivity index (χ0v) is 21.1. The number of carbonyl (C=O) groups excluding carboxylic acids is 2. The molecule has 1 N–H and O–H groups in total. The molecule has 0 saturated carbocycles. The minimum atomic E-state index is 0.0327. The smallest absolute Gasteiger partial charge is 0.320 e. The fourth-order valence-corrected chi connectivity index (χ4v) is 6.17. The van der Waals surface area contributed by atoms with Crippen LogP contribution in [0.2, 0.25) is 0 Å². The number of carbonyl (C=O) groups is 2. The summed E-state index contributed by atoms with van der Waals surface area (Å²) in [5.74, 6) is 2.84. The van der Waals surface area contributed by atoms with E-state index in [0.29, 0.717) is 25.2 Å². The van der Waals surface area contributed by atoms with Gasteiger partial charge in [-0.15, -0.1) is 6.42 Å². The van der Waals surface area contributed by atoms with E-state index in [0.717, 1.165) is 70.6 Å². The van der Waals surface area contributed by atoms with Gasteiger partial charge in [0.25, 0.3) is 0 Å². The Kier molecular flexibility index (Phi) is 5.25. The van der Waals surface area contributed by atoms with Gasteiger partial charge in [0.2, 0.25) is 0 Å². The molecule has 3 aromatic heterocycles. The number of terminal acetylenes is 1. The van der Waals surface area contributed by atoms with Crippen LogP contribution in [0.4, 0.5) is 4.79 Å². The van der Waals surface area contributed by atoms with Gasteiger partial charge in [0.05, 0.1) is 35.2 Å². The summed E-state index contributed by atoms with van der Waals surface area (Å²) >= 11 is 0. The first kappa shape index (κ1) is 22.7. The van der Waals surface area contributed by atoms with Gasteiger partial charge in [-0.3, -0.25) is 9.20 Å². The van der Waals surface area contributed by atoms with Gasteiger partial charge in [-0.2, -0.15) is 0 Å². The Balaban J connectivity index is 1.36. The standard InChI is InChI=1S/C30H28N6O2/c1-2-20-14-21-18-35(30(38)33-9-5-3-6-10-33)13-12-34-19-23(22(15-20)29(21)34)28-27(25(37)17-32-28)24-16-31-26-8-4-7-11-36(24)26/h1,4,7-8,11,14-16,19,32H,3,5-6,9-10,12-13,17-18H2. The Bertz CT molecular complexity index is 1690. The highest BCUT2D eigenvalue weighted by atomic mass is 16.2. The third-order valence-corrected chi connectivity index (χ3v) is 7.98. The number of nitrogens with one attached hydrogen (secondary N) is 1. The fourth-order valence-electron chi connectivity index (χ4n) is 6.17. The van der Waals surface area contributed by atoms with E-state index in [-0.39, 0.29) is 18.4 Å². The van der Waals surface area contributed by atoms with Crippen LogP contribution in [0.1, 0.15) is 41.6 Å². The molecule has 1 fully saturated rings. The lowest BCUT2D eigenvalue weighted by Crippen LogP contribution is -2.45. The van der Waals surface area contributed by atoms with Crippen LogP contribution in [0.15, 0.2) is 48.9 Å². The number of fused-ring (bicyclic) bond motifs is 1. The summed E-state index contributed by atoms with van der Waals surface area (Å²) < 4.78 is 4.16. The average Bonchev–Trinajstić information content (AvgIpc) is 3.61. The van der Waals surface area contributed by atoms with E-state index in [4.69, 9.17) is 6.42 Å². The third kappa shape index (κ3) is 3.50. The molecular weight excluding hydrogens is 476 g/mol. The van der Waals surface area contributed by atoms with Crippen molar-refractivity contribution in [1.82, 2.24) is 29.1 Å². The zero-order chi connectivity index (χ0) is 25.8. The highest BCUT2D eigenvalue weighted by Gasteiger charge is 2.31. The summed E-state index contributed by atoms with van der Waals surface area (Å²) in [6.07, 6.45) is 15.0. The Morgan fingerprint density at radius 1 is 1.05 bits per heavy atom. The van der Waals surface area contributed by atoms with Crippen molar-refractivity contribution < 1.29 is 9.59 Å². The average molecular weight is 505 g/mol. The Labute approximate surface area is 220 Å². The minimum Gasteiger partial charge on any atom is -0.376 e. The second-order valence-corrected chi connectivity index (χ2v) is 10.3. The maximum absolute atomic E-state index is 13.4. The summed E-state index contributed by atoms with van der Waals surface area (Å²) in [7, 11) is 0. The highest BCUT2D eigenvalue weighted by Crippen LogP contribution is 2.37. The van der Waals surface area contributed by atoms with Crippen LogP contribution in [0, 0.1) is 12.3 Å². The molecule has 3 aliphatic rings. The number of urea groups is 1. The molecule has 8 nitrogen and oxygen atoms in total. The monoisotopic (exact) mass is 504 g/mol. The number of benzene rings is 1. The number of piperidine rings is 1. The van der Waals surface area contributed by atoms with Gasteiger partial charge >= 0.3 is 6.03 Å². The summed E-state index contributed by atoms with van der Waals surface area (Å²) in [5.41, 5.74) is 6.80. The molecule has 0 unspecified atom stereocenters. The van der Waals surface area contributed by atoms with Crippen LogP contribution in [0.25, 0.3) is 27.8 Å². The van der Waals surface area contributed by atoms with Crippen LogP contribution in [0.5, 0.6) is 0 Å². The number of nitrogens with zero attached hydrogens (tertiary/aromatic N) is 5. The van der Waals surface area contributed by atoms with Gasteiger partial charge in [0, 0.05) is 61.6 Å². The number of aromatic nitrogens is 3. The van der Waals surface area contributed by atoms with Crippen molar-refractivity contribution in [2.45, 2.75) is 32.4 Å². The van der Waals surface area contributed by atoms with E-state index in [2.05, 4.69) is 27.0 Å². The van der Waals surface area contributed by atoms with Crippen molar-refractivity contribution in [1.29, 1.82) is 0 Å². The van der Waals surface area contributed by atoms with Crippen LogP contribution in [-0.4, -0.2) is 61.7 Å². The predicted octanol–water partition coefficient (Wildman–Crippen LogP) is 3.73. The Morgan fingerprint density at radius 3 is 2.76 bits per heavy atom. The van der Waals surface area contributed by atoms with Crippen molar-refractivity contribution in [3.63, 3.8) is 0 Å². The molecular formula is C30H28N6O2. The molecule has 0 radical (unpaired) electrons. The molecule has 3 aliphatic heterocycles. The summed E-state index contributed by atoms with van der Waals surface area (Å²) in [5, 5.41) is 4.36. The van der Waals surface area contributed by atoms with Gasteiger partial charge in [-0.05, 0) is 49.1 Å². The van der Waals surface area contributed by atoms with Crippen molar-refractivity contribution in [2.75, 3.05) is 26.2 Å². The minimum absolute atomic E-state index is 0.0327. The molecule has 7 rings (SSSR count). The molecule has 8 heteroatoms. The summed E-state index contributed by atoms with van der Waals surface area (Å²) in [4.78, 5) is 35.0. The molecule has 6 heterocycles. The van der Waals surface area contributed by atoms with Crippen molar-refractivity contribution in [3.05, 3.63) is 71.3 Å². The number of hydrogen-bond acceptors (Lipinski definition) is 4.